The second-order valence-electron chi connectivity index (χ2n) is 6.91. The Hall–Kier alpha value is -1.82. The molecule has 0 spiro atoms. The van der Waals surface area contributed by atoms with Crippen molar-refractivity contribution in [3.63, 3.8) is 0 Å². The van der Waals surface area contributed by atoms with Crippen LogP contribution in [0.5, 0.6) is 5.75 Å². The zero-order valence-corrected chi connectivity index (χ0v) is 14.4. The molecule has 7 heteroatoms. The van der Waals surface area contributed by atoms with Crippen molar-refractivity contribution in [3.05, 3.63) is 33.3 Å². The van der Waals surface area contributed by atoms with Crippen molar-refractivity contribution in [3.8, 4) is 5.75 Å². The van der Waals surface area contributed by atoms with Gasteiger partial charge in [0.05, 0.1) is 4.92 Å². The monoisotopic (exact) mass is 328 g/mol. The van der Waals surface area contributed by atoms with E-state index in [0.717, 1.165) is 0 Å². The highest BCUT2D eigenvalue weighted by atomic mass is 35.5. The van der Waals surface area contributed by atoms with E-state index in [1.807, 2.05) is 41.5 Å². The van der Waals surface area contributed by atoms with Crippen molar-refractivity contribution in [2.45, 2.75) is 52.6 Å². The summed E-state index contributed by atoms with van der Waals surface area (Å²) < 4.78 is 5.26. The van der Waals surface area contributed by atoms with Crippen molar-refractivity contribution < 1.29 is 14.5 Å². The summed E-state index contributed by atoms with van der Waals surface area (Å²) in [5.41, 5.74) is -1.33. The average Bonchev–Trinajstić information content (AvgIpc) is 2.23. The molecular formula is C15H21ClN2O4. The number of carbonyl (C=O) groups excluding carboxylic acids is 1. The van der Waals surface area contributed by atoms with Crippen molar-refractivity contribution in [2.24, 2.45) is 0 Å². The molecular weight excluding hydrogens is 308 g/mol. The van der Waals surface area contributed by atoms with Crippen LogP contribution in [0, 0.1) is 10.1 Å². The lowest BCUT2D eigenvalue weighted by Crippen LogP contribution is -2.56. The summed E-state index contributed by atoms with van der Waals surface area (Å²) in [7, 11) is 0. The second-order valence-corrected chi connectivity index (χ2v) is 7.35. The van der Waals surface area contributed by atoms with Gasteiger partial charge in [-0.3, -0.25) is 15.0 Å². The molecule has 0 aromatic heterocycles. The Kier molecular flexibility index (Phi) is 5.07. The van der Waals surface area contributed by atoms with Gasteiger partial charge in [-0.15, -0.1) is 0 Å². The van der Waals surface area contributed by atoms with Crippen LogP contribution < -0.4 is 4.74 Å². The van der Waals surface area contributed by atoms with Gasteiger partial charge in [0.1, 0.15) is 0 Å². The van der Waals surface area contributed by atoms with Gasteiger partial charge in [-0.2, -0.15) is 0 Å². The SMILES string of the molecule is CC(C)(C)N(C(=O)Oc1cc(Cl)ccc1[N+](=O)[O-])C(C)(C)C. The van der Waals surface area contributed by atoms with Gasteiger partial charge in [-0.05, 0) is 47.6 Å². The number of nitro groups is 1. The van der Waals surface area contributed by atoms with E-state index < -0.39 is 22.1 Å². The van der Waals surface area contributed by atoms with Crippen LogP contribution in [-0.4, -0.2) is 27.0 Å². The van der Waals surface area contributed by atoms with Gasteiger partial charge in [0.2, 0.25) is 5.75 Å². The number of hydrogen-bond donors (Lipinski definition) is 0. The number of hydrogen-bond acceptors (Lipinski definition) is 4. The van der Waals surface area contributed by atoms with Crippen LogP contribution in [0.25, 0.3) is 0 Å². The molecule has 0 saturated heterocycles. The maximum absolute atomic E-state index is 12.5. The van der Waals surface area contributed by atoms with Gasteiger partial charge in [0, 0.05) is 28.2 Å². The molecule has 122 valence electrons. The van der Waals surface area contributed by atoms with Crippen LogP contribution in [0.3, 0.4) is 0 Å². The molecule has 0 heterocycles. The van der Waals surface area contributed by atoms with E-state index in [1.54, 1.807) is 0 Å². The van der Waals surface area contributed by atoms with Crippen LogP contribution in [-0.2, 0) is 0 Å². The minimum Gasteiger partial charge on any atom is -0.403 e. The van der Waals surface area contributed by atoms with Crippen molar-refractivity contribution in [1.29, 1.82) is 0 Å². The van der Waals surface area contributed by atoms with Crippen molar-refractivity contribution >= 4 is 23.4 Å². The number of rotatable bonds is 2. The lowest BCUT2D eigenvalue weighted by Gasteiger charge is -2.44. The molecule has 0 radical (unpaired) electrons. The Morgan fingerprint density at radius 1 is 1.18 bits per heavy atom. The summed E-state index contributed by atoms with van der Waals surface area (Å²) in [6.07, 6.45) is -0.662. The topological polar surface area (TPSA) is 72.7 Å². The molecule has 0 fully saturated rings. The molecule has 1 aromatic rings. The quantitative estimate of drug-likeness (QED) is 0.585. The summed E-state index contributed by atoms with van der Waals surface area (Å²) in [6.45, 7) is 11.2. The van der Waals surface area contributed by atoms with E-state index in [-0.39, 0.29) is 16.5 Å². The smallest absolute Gasteiger partial charge is 0.403 e. The molecule has 0 saturated carbocycles. The molecule has 0 N–H and O–H groups in total. The van der Waals surface area contributed by atoms with Gasteiger partial charge in [-0.25, -0.2) is 4.79 Å². The summed E-state index contributed by atoms with van der Waals surface area (Å²) >= 11 is 5.84. The van der Waals surface area contributed by atoms with Crippen LogP contribution >= 0.6 is 11.6 Å². The van der Waals surface area contributed by atoms with E-state index in [2.05, 4.69) is 0 Å². The predicted molar refractivity (Wildman–Crippen MR) is 85.5 cm³/mol. The largest absolute Gasteiger partial charge is 0.416 e. The third-order valence-electron chi connectivity index (χ3n) is 2.84. The van der Waals surface area contributed by atoms with Crippen molar-refractivity contribution in [2.75, 3.05) is 0 Å². The van der Waals surface area contributed by atoms with Crippen LogP contribution in [0.1, 0.15) is 41.5 Å². The molecule has 1 aromatic carbocycles. The van der Waals surface area contributed by atoms with Gasteiger partial charge in [-0.1, -0.05) is 11.6 Å². The lowest BCUT2D eigenvalue weighted by atomic mass is 9.97. The van der Waals surface area contributed by atoms with E-state index in [9.17, 15) is 14.9 Å². The number of amides is 1. The first-order valence-corrected chi connectivity index (χ1v) is 7.18. The minimum atomic E-state index is -0.662. The number of nitro benzene ring substituents is 1. The molecule has 0 bridgehead atoms. The van der Waals surface area contributed by atoms with E-state index in [4.69, 9.17) is 16.3 Å². The van der Waals surface area contributed by atoms with Gasteiger partial charge >= 0.3 is 11.8 Å². The summed E-state index contributed by atoms with van der Waals surface area (Å²) in [5.74, 6) is -0.166. The summed E-state index contributed by atoms with van der Waals surface area (Å²) in [6, 6.07) is 3.85. The number of benzene rings is 1. The van der Waals surface area contributed by atoms with Gasteiger partial charge in [0.15, 0.2) is 0 Å². The Balaban J connectivity index is 3.21. The third-order valence-corrected chi connectivity index (χ3v) is 3.08. The second kappa shape index (κ2) is 6.12. The maximum atomic E-state index is 12.5. The van der Waals surface area contributed by atoms with Crippen LogP contribution in [0.15, 0.2) is 18.2 Å². The van der Waals surface area contributed by atoms with Crippen LogP contribution in [0.2, 0.25) is 5.02 Å². The fraction of sp³-hybridized carbons (Fsp3) is 0.533. The van der Waals surface area contributed by atoms with Gasteiger partial charge < -0.3 is 4.74 Å². The zero-order chi connectivity index (χ0) is 17.3. The number of nitrogens with zero attached hydrogens (tertiary/aromatic N) is 2. The molecule has 0 aliphatic heterocycles. The fourth-order valence-electron chi connectivity index (χ4n) is 2.41. The Morgan fingerprint density at radius 3 is 2.09 bits per heavy atom. The van der Waals surface area contributed by atoms with E-state index in [0.29, 0.717) is 0 Å². The molecule has 0 unspecified atom stereocenters. The minimum absolute atomic E-state index is 0.166. The average molecular weight is 329 g/mol. The number of halogens is 1. The van der Waals surface area contributed by atoms with E-state index in [1.165, 1.54) is 23.1 Å². The van der Waals surface area contributed by atoms with Crippen molar-refractivity contribution in [1.82, 2.24) is 4.90 Å². The first kappa shape index (κ1) is 18.2. The standard InChI is InChI=1S/C15H21ClN2O4/c1-14(2,3)17(15(4,5)6)13(19)22-12-9-10(16)7-8-11(12)18(20)21/h7-9H,1-6H3. The van der Waals surface area contributed by atoms with Gasteiger partial charge in [0.25, 0.3) is 0 Å². The number of ether oxygens (including phenoxy) is 1. The zero-order valence-electron chi connectivity index (χ0n) is 13.6. The van der Waals surface area contributed by atoms with Crippen LogP contribution in [0.4, 0.5) is 10.5 Å². The number of carbonyl (C=O) groups is 1. The van der Waals surface area contributed by atoms with E-state index >= 15 is 0 Å². The molecule has 22 heavy (non-hydrogen) atoms. The normalized spacial score (nSPS) is 12.0. The Labute approximate surface area is 135 Å². The summed E-state index contributed by atoms with van der Waals surface area (Å²) in [4.78, 5) is 24.5. The Bertz CT molecular complexity index is 574. The first-order valence-electron chi connectivity index (χ1n) is 6.80. The first-order chi connectivity index (χ1) is 9.84. The molecule has 6 nitrogen and oxygen atoms in total. The molecule has 0 aliphatic carbocycles. The highest BCUT2D eigenvalue weighted by Gasteiger charge is 2.37. The highest BCUT2D eigenvalue weighted by Crippen LogP contribution is 2.32. The lowest BCUT2D eigenvalue weighted by molar-refractivity contribution is -0.385. The molecule has 0 aliphatic rings. The third kappa shape index (κ3) is 4.34. The molecule has 1 rings (SSSR count). The molecule has 1 amide bonds. The summed E-state index contributed by atoms with van der Waals surface area (Å²) in [5, 5.41) is 11.3. The molecule has 0 atom stereocenters. The maximum Gasteiger partial charge on any atom is 0.416 e. The Morgan fingerprint density at radius 2 is 1.68 bits per heavy atom. The highest BCUT2D eigenvalue weighted by molar-refractivity contribution is 6.30. The fourth-order valence-corrected chi connectivity index (χ4v) is 2.58. The predicted octanol–water partition coefficient (Wildman–Crippen LogP) is 4.65.